The second-order valence-electron chi connectivity index (χ2n) is 3.90. The van der Waals surface area contributed by atoms with Crippen LogP contribution < -0.4 is 0 Å². The van der Waals surface area contributed by atoms with Gasteiger partial charge in [-0.1, -0.05) is 47.9 Å². The van der Waals surface area contributed by atoms with Gasteiger partial charge in [0, 0.05) is 23.3 Å². The van der Waals surface area contributed by atoms with Crippen molar-refractivity contribution in [1.82, 2.24) is 0 Å². The van der Waals surface area contributed by atoms with E-state index in [1.807, 2.05) is 42.5 Å². The molecule has 0 heterocycles. The predicted molar refractivity (Wildman–Crippen MR) is 74.7 cm³/mol. The minimum absolute atomic E-state index is 0.198. The second-order valence-corrected chi connectivity index (χ2v) is 4.34. The molecule has 2 rings (SSSR count). The summed E-state index contributed by atoms with van der Waals surface area (Å²) in [5.74, 6) is 2.67. The van der Waals surface area contributed by atoms with Crippen molar-refractivity contribution in [1.29, 1.82) is 0 Å². The van der Waals surface area contributed by atoms with Crippen molar-refractivity contribution in [2.45, 2.75) is 6.10 Å². The van der Waals surface area contributed by atoms with E-state index in [-0.39, 0.29) is 6.10 Å². The maximum Gasteiger partial charge on any atom is 0.108 e. The second kappa shape index (κ2) is 5.73. The molecular formula is C16H13ClO. The molecule has 2 heteroatoms. The molecule has 0 spiro atoms. The van der Waals surface area contributed by atoms with E-state index in [4.69, 9.17) is 22.8 Å². The number of ether oxygens (including phenoxy) is 1. The van der Waals surface area contributed by atoms with Gasteiger partial charge in [0.15, 0.2) is 0 Å². The van der Waals surface area contributed by atoms with Gasteiger partial charge in [-0.15, -0.1) is 6.42 Å². The van der Waals surface area contributed by atoms with Crippen molar-refractivity contribution in [2.24, 2.45) is 0 Å². The van der Waals surface area contributed by atoms with Gasteiger partial charge in [-0.05, 0) is 23.8 Å². The fraction of sp³-hybridized carbons (Fsp3) is 0.125. The standard InChI is InChI=1S/C16H13ClO/c1-3-12-9-10-14(17)11-15(12)16(18-2)13-7-5-4-6-8-13/h1,4-11,16H,2H3. The lowest BCUT2D eigenvalue weighted by molar-refractivity contribution is 0.136. The maximum absolute atomic E-state index is 6.04. The lowest BCUT2D eigenvalue weighted by atomic mass is 9.97. The number of rotatable bonds is 3. The Morgan fingerprint density at radius 1 is 1.17 bits per heavy atom. The third kappa shape index (κ3) is 2.56. The molecule has 0 fully saturated rings. The van der Waals surface area contributed by atoms with Gasteiger partial charge >= 0.3 is 0 Å². The first-order chi connectivity index (χ1) is 8.76. The van der Waals surface area contributed by atoms with E-state index in [1.54, 1.807) is 13.2 Å². The molecule has 0 aliphatic carbocycles. The van der Waals surface area contributed by atoms with Crippen molar-refractivity contribution >= 4 is 11.6 Å². The van der Waals surface area contributed by atoms with E-state index >= 15 is 0 Å². The van der Waals surface area contributed by atoms with Crippen LogP contribution in [0.3, 0.4) is 0 Å². The summed E-state index contributed by atoms with van der Waals surface area (Å²) in [6, 6.07) is 15.4. The quantitative estimate of drug-likeness (QED) is 0.753. The molecular weight excluding hydrogens is 244 g/mol. The summed E-state index contributed by atoms with van der Waals surface area (Å²) in [6.07, 6.45) is 5.32. The third-order valence-corrected chi connectivity index (χ3v) is 3.02. The first-order valence-corrected chi connectivity index (χ1v) is 5.98. The van der Waals surface area contributed by atoms with E-state index < -0.39 is 0 Å². The number of hydrogen-bond acceptors (Lipinski definition) is 1. The van der Waals surface area contributed by atoms with E-state index in [0.29, 0.717) is 5.02 Å². The van der Waals surface area contributed by atoms with Gasteiger partial charge in [0.25, 0.3) is 0 Å². The van der Waals surface area contributed by atoms with Crippen LogP contribution in [0.1, 0.15) is 22.8 Å². The average molecular weight is 257 g/mol. The molecule has 1 nitrogen and oxygen atoms in total. The topological polar surface area (TPSA) is 9.23 Å². The van der Waals surface area contributed by atoms with E-state index in [0.717, 1.165) is 16.7 Å². The molecule has 90 valence electrons. The normalized spacial score (nSPS) is 11.8. The number of terminal acetylenes is 1. The Labute approximate surface area is 112 Å². The summed E-state index contributed by atoms with van der Waals surface area (Å²) in [4.78, 5) is 0. The predicted octanol–water partition coefficient (Wildman–Crippen LogP) is 4.06. The number of hydrogen-bond donors (Lipinski definition) is 0. The lowest BCUT2D eigenvalue weighted by Gasteiger charge is -2.18. The molecule has 0 saturated carbocycles. The molecule has 1 unspecified atom stereocenters. The van der Waals surface area contributed by atoms with Crippen LogP contribution in [-0.4, -0.2) is 7.11 Å². The summed E-state index contributed by atoms with van der Waals surface area (Å²) >= 11 is 6.04. The molecule has 0 radical (unpaired) electrons. The van der Waals surface area contributed by atoms with Crippen LogP contribution in [0.2, 0.25) is 5.02 Å². The van der Waals surface area contributed by atoms with Crippen molar-refractivity contribution in [3.63, 3.8) is 0 Å². The molecule has 0 aliphatic heterocycles. The highest BCUT2D eigenvalue weighted by atomic mass is 35.5. The Kier molecular flexibility index (Phi) is 4.04. The Hall–Kier alpha value is -1.75. The van der Waals surface area contributed by atoms with Gasteiger partial charge < -0.3 is 4.74 Å². The SMILES string of the molecule is C#Cc1ccc(Cl)cc1C(OC)c1ccccc1. The highest BCUT2D eigenvalue weighted by Gasteiger charge is 2.16. The molecule has 0 bridgehead atoms. The molecule has 2 aromatic carbocycles. The van der Waals surface area contributed by atoms with Crippen LogP contribution in [0.5, 0.6) is 0 Å². The van der Waals surface area contributed by atoms with E-state index in [9.17, 15) is 0 Å². The smallest absolute Gasteiger partial charge is 0.108 e. The van der Waals surface area contributed by atoms with Crippen molar-refractivity contribution in [3.05, 3.63) is 70.2 Å². The number of halogens is 1. The molecule has 0 aliphatic rings. The van der Waals surface area contributed by atoms with Gasteiger partial charge in [-0.2, -0.15) is 0 Å². The Balaban J connectivity index is 2.52. The average Bonchev–Trinajstić information content (AvgIpc) is 2.41. The first-order valence-electron chi connectivity index (χ1n) is 5.60. The van der Waals surface area contributed by atoms with Crippen LogP contribution >= 0.6 is 11.6 Å². The summed E-state index contributed by atoms with van der Waals surface area (Å²) in [5.41, 5.74) is 2.77. The van der Waals surface area contributed by atoms with Gasteiger partial charge in [0.1, 0.15) is 6.10 Å². The van der Waals surface area contributed by atoms with E-state index in [2.05, 4.69) is 5.92 Å². The highest BCUT2D eigenvalue weighted by molar-refractivity contribution is 6.30. The molecule has 18 heavy (non-hydrogen) atoms. The van der Waals surface area contributed by atoms with Crippen molar-refractivity contribution < 1.29 is 4.74 Å². The summed E-state index contributed by atoms with van der Waals surface area (Å²) in [7, 11) is 1.67. The molecule has 0 aromatic heterocycles. The first kappa shape index (κ1) is 12.7. The number of benzene rings is 2. The van der Waals surface area contributed by atoms with Crippen LogP contribution in [0, 0.1) is 12.3 Å². The largest absolute Gasteiger partial charge is 0.372 e. The monoisotopic (exact) mass is 256 g/mol. The minimum atomic E-state index is -0.198. The van der Waals surface area contributed by atoms with Crippen molar-refractivity contribution in [3.8, 4) is 12.3 Å². The van der Waals surface area contributed by atoms with Gasteiger partial charge in [-0.25, -0.2) is 0 Å². The summed E-state index contributed by atoms with van der Waals surface area (Å²) < 4.78 is 5.57. The van der Waals surface area contributed by atoms with Crippen molar-refractivity contribution in [2.75, 3.05) is 7.11 Å². The number of methoxy groups -OCH3 is 1. The van der Waals surface area contributed by atoms with Gasteiger partial charge in [0.2, 0.25) is 0 Å². The van der Waals surface area contributed by atoms with Gasteiger partial charge in [-0.3, -0.25) is 0 Å². The maximum atomic E-state index is 6.04. The molecule has 0 amide bonds. The Bertz CT molecular complexity index is 569. The molecule has 1 atom stereocenters. The zero-order valence-electron chi connectivity index (χ0n) is 10.1. The van der Waals surface area contributed by atoms with E-state index in [1.165, 1.54) is 0 Å². The highest BCUT2D eigenvalue weighted by Crippen LogP contribution is 2.29. The lowest BCUT2D eigenvalue weighted by Crippen LogP contribution is -2.05. The third-order valence-electron chi connectivity index (χ3n) is 2.79. The van der Waals surface area contributed by atoms with Crippen LogP contribution in [-0.2, 0) is 4.74 Å². The molecule has 0 saturated heterocycles. The van der Waals surface area contributed by atoms with Crippen LogP contribution in [0.4, 0.5) is 0 Å². The minimum Gasteiger partial charge on any atom is -0.372 e. The molecule has 2 aromatic rings. The van der Waals surface area contributed by atoms with Gasteiger partial charge in [0.05, 0.1) is 0 Å². The fourth-order valence-electron chi connectivity index (χ4n) is 1.95. The fourth-order valence-corrected chi connectivity index (χ4v) is 2.13. The van der Waals surface area contributed by atoms with Crippen LogP contribution in [0.15, 0.2) is 48.5 Å². The molecule has 0 N–H and O–H groups in total. The zero-order chi connectivity index (χ0) is 13.0. The van der Waals surface area contributed by atoms with Crippen LogP contribution in [0.25, 0.3) is 0 Å². The summed E-state index contributed by atoms with van der Waals surface area (Å²) in [6.45, 7) is 0. The Morgan fingerprint density at radius 3 is 2.50 bits per heavy atom. The zero-order valence-corrected chi connectivity index (χ0v) is 10.8. The Morgan fingerprint density at radius 2 is 1.89 bits per heavy atom. The summed E-state index contributed by atoms with van der Waals surface area (Å²) in [5, 5.41) is 0.655.